The van der Waals surface area contributed by atoms with Gasteiger partial charge >= 0.3 is 0 Å². The van der Waals surface area contributed by atoms with Crippen LogP contribution in [0.2, 0.25) is 0 Å². The van der Waals surface area contributed by atoms with E-state index in [1.54, 1.807) is 0 Å². The second-order valence-electron chi connectivity index (χ2n) is 2.98. The number of halogens is 3. The second kappa shape index (κ2) is 4.98. The molecule has 0 radical (unpaired) electrons. The second-order valence-corrected chi connectivity index (χ2v) is 3.89. The normalized spacial score (nSPS) is 15.1. The standard InChI is InChI=1S/C9H9BrF2O3/c10-4-1-5(11)8(6(12)2-4)9(15)7(14)3-13/h1-2,7,9,13-15H,3H2. The van der Waals surface area contributed by atoms with E-state index < -0.39 is 36.0 Å². The van der Waals surface area contributed by atoms with Crippen LogP contribution in [0.5, 0.6) is 0 Å². The molecule has 0 fully saturated rings. The van der Waals surface area contributed by atoms with Crippen molar-refractivity contribution in [2.45, 2.75) is 12.2 Å². The van der Waals surface area contributed by atoms with E-state index in [4.69, 9.17) is 10.2 Å². The summed E-state index contributed by atoms with van der Waals surface area (Å²) in [5.41, 5.74) is -0.653. The lowest BCUT2D eigenvalue weighted by Crippen LogP contribution is -2.24. The minimum absolute atomic E-state index is 0.187. The van der Waals surface area contributed by atoms with Crippen molar-refractivity contribution in [3.05, 3.63) is 33.8 Å². The molecule has 0 amide bonds. The first-order valence-electron chi connectivity index (χ1n) is 4.08. The molecule has 0 saturated heterocycles. The highest BCUT2D eigenvalue weighted by molar-refractivity contribution is 9.10. The fourth-order valence-corrected chi connectivity index (χ4v) is 1.53. The van der Waals surface area contributed by atoms with E-state index in [2.05, 4.69) is 15.9 Å². The number of aliphatic hydroxyl groups is 3. The van der Waals surface area contributed by atoms with Crippen LogP contribution in [0.1, 0.15) is 11.7 Å². The van der Waals surface area contributed by atoms with Crippen molar-refractivity contribution < 1.29 is 24.1 Å². The minimum Gasteiger partial charge on any atom is -0.394 e. The quantitative estimate of drug-likeness (QED) is 0.779. The molecule has 1 aromatic rings. The zero-order valence-corrected chi connectivity index (χ0v) is 9.08. The van der Waals surface area contributed by atoms with E-state index in [-0.39, 0.29) is 4.47 Å². The average Bonchev–Trinajstić information content (AvgIpc) is 2.14. The Kier molecular flexibility index (Phi) is 4.15. The van der Waals surface area contributed by atoms with E-state index in [1.165, 1.54) is 0 Å². The van der Waals surface area contributed by atoms with Crippen molar-refractivity contribution >= 4 is 15.9 Å². The number of benzene rings is 1. The first-order valence-corrected chi connectivity index (χ1v) is 4.88. The third-order valence-electron chi connectivity index (χ3n) is 1.89. The Hall–Kier alpha value is -0.560. The molecule has 1 rings (SSSR count). The molecule has 84 valence electrons. The van der Waals surface area contributed by atoms with Crippen LogP contribution >= 0.6 is 15.9 Å². The molecular weight excluding hydrogens is 274 g/mol. The maximum absolute atomic E-state index is 13.2. The Morgan fingerprint density at radius 1 is 1.20 bits per heavy atom. The summed E-state index contributed by atoms with van der Waals surface area (Å²) in [6, 6.07) is 1.93. The van der Waals surface area contributed by atoms with Crippen molar-refractivity contribution in [1.82, 2.24) is 0 Å². The molecule has 0 aromatic heterocycles. The van der Waals surface area contributed by atoms with Gasteiger partial charge in [-0.1, -0.05) is 15.9 Å². The molecule has 0 aliphatic rings. The van der Waals surface area contributed by atoms with Crippen LogP contribution in [0.25, 0.3) is 0 Å². The zero-order chi connectivity index (χ0) is 11.6. The fourth-order valence-electron chi connectivity index (χ4n) is 1.13. The highest BCUT2D eigenvalue weighted by atomic mass is 79.9. The van der Waals surface area contributed by atoms with Crippen LogP contribution < -0.4 is 0 Å². The van der Waals surface area contributed by atoms with E-state index in [0.29, 0.717) is 0 Å². The summed E-state index contributed by atoms with van der Waals surface area (Å²) in [4.78, 5) is 0. The topological polar surface area (TPSA) is 60.7 Å². The summed E-state index contributed by atoms with van der Waals surface area (Å²) in [5.74, 6) is -1.97. The summed E-state index contributed by atoms with van der Waals surface area (Å²) < 4.78 is 26.7. The molecule has 15 heavy (non-hydrogen) atoms. The lowest BCUT2D eigenvalue weighted by molar-refractivity contribution is -0.0185. The molecule has 1 aromatic carbocycles. The summed E-state index contributed by atoms with van der Waals surface area (Å²) in [5, 5.41) is 26.9. The predicted molar refractivity (Wildman–Crippen MR) is 52.1 cm³/mol. The van der Waals surface area contributed by atoms with Crippen molar-refractivity contribution in [3.63, 3.8) is 0 Å². The van der Waals surface area contributed by atoms with Crippen LogP contribution in [-0.4, -0.2) is 28.0 Å². The Labute approximate surface area is 93.1 Å². The fraction of sp³-hybridized carbons (Fsp3) is 0.333. The van der Waals surface area contributed by atoms with E-state index in [1.807, 2.05) is 0 Å². The summed E-state index contributed by atoms with van der Waals surface area (Å²) in [7, 11) is 0. The summed E-state index contributed by atoms with van der Waals surface area (Å²) in [6.45, 7) is -0.782. The number of rotatable bonds is 3. The highest BCUT2D eigenvalue weighted by Crippen LogP contribution is 2.26. The maximum atomic E-state index is 13.2. The van der Waals surface area contributed by atoms with Gasteiger partial charge in [0.15, 0.2) is 0 Å². The third-order valence-corrected chi connectivity index (χ3v) is 2.35. The smallest absolute Gasteiger partial charge is 0.133 e. The molecule has 0 aliphatic heterocycles. The molecule has 3 nitrogen and oxygen atoms in total. The van der Waals surface area contributed by atoms with E-state index >= 15 is 0 Å². The molecular formula is C9H9BrF2O3. The lowest BCUT2D eigenvalue weighted by atomic mass is 10.0. The molecule has 0 spiro atoms. The highest BCUT2D eigenvalue weighted by Gasteiger charge is 2.24. The van der Waals surface area contributed by atoms with E-state index in [0.717, 1.165) is 12.1 Å². The summed E-state index contributed by atoms with van der Waals surface area (Å²) >= 11 is 2.88. The van der Waals surface area contributed by atoms with Gasteiger partial charge in [-0.25, -0.2) is 8.78 Å². The van der Waals surface area contributed by atoms with Crippen molar-refractivity contribution in [3.8, 4) is 0 Å². The predicted octanol–water partition coefficient (Wildman–Crippen LogP) is 1.11. The molecule has 2 unspecified atom stereocenters. The van der Waals surface area contributed by atoms with Gasteiger partial charge in [-0.2, -0.15) is 0 Å². The Bertz CT molecular complexity index is 336. The number of aliphatic hydroxyl groups excluding tert-OH is 3. The Morgan fingerprint density at radius 2 is 1.67 bits per heavy atom. The molecule has 6 heteroatoms. The average molecular weight is 283 g/mol. The van der Waals surface area contributed by atoms with Crippen molar-refractivity contribution in [1.29, 1.82) is 0 Å². The van der Waals surface area contributed by atoms with Crippen LogP contribution in [-0.2, 0) is 0 Å². The monoisotopic (exact) mass is 282 g/mol. The van der Waals surface area contributed by atoms with Gasteiger partial charge in [-0.05, 0) is 12.1 Å². The molecule has 0 aliphatic carbocycles. The van der Waals surface area contributed by atoms with Gasteiger partial charge in [0, 0.05) is 4.47 Å². The van der Waals surface area contributed by atoms with Crippen LogP contribution in [0, 0.1) is 11.6 Å². The van der Waals surface area contributed by atoms with Crippen LogP contribution in [0.4, 0.5) is 8.78 Å². The molecule has 3 N–H and O–H groups in total. The van der Waals surface area contributed by atoms with Gasteiger partial charge in [0.05, 0.1) is 12.2 Å². The molecule has 0 heterocycles. The van der Waals surface area contributed by atoms with Gasteiger partial charge < -0.3 is 15.3 Å². The maximum Gasteiger partial charge on any atom is 0.133 e. The lowest BCUT2D eigenvalue weighted by Gasteiger charge is -2.17. The van der Waals surface area contributed by atoms with Crippen LogP contribution in [0.3, 0.4) is 0 Å². The van der Waals surface area contributed by atoms with Crippen molar-refractivity contribution in [2.75, 3.05) is 6.61 Å². The largest absolute Gasteiger partial charge is 0.394 e. The molecule has 2 atom stereocenters. The van der Waals surface area contributed by atoms with Gasteiger partial charge in [-0.3, -0.25) is 0 Å². The van der Waals surface area contributed by atoms with Gasteiger partial charge in [0.1, 0.15) is 23.8 Å². The zero-order valence-electron chi connectivity index (χ0n) is 7.49. The van der Waals surface area contributed by atoms with Crippen molar-refractivity contribution in [2.24, 2.45) is 0 Å². The number of hydrogen-bond donors (Lipinski definition) is 3. The summed E-state index contributed by atoms with van der Waals surface area (Å²) in [6.07, 6.45) is -3.40. The van der Waals surface area contributed by atoms with Gasteiger partial charge in [0.2, 0.25) is 0 Å². The van der Waals surface area contributed by atoms with Gasteiger partial charge in [0.25, 0.3) is 0 Å². The first kappa shape index (κ1) is 12.5. The minimum atomic E-state index is -1.79. The number of hydrogen-bond acceptors (Lipinski definition) is 3. The SMILES string of the molecule is OCC(O)C(O)c1c(F)cc(Br)cc1F. The molecule has 0 bridgehead atoms. The third kappa shape index (κ3) is 2.72. The Balaban J connectivity index is 3.13. The molecule has 0 saturated carbocycles. The van der Waals surface area contributed by atoms with E-state index in [9.17, 15) is 13.9 Å². The van der Waals surface area contributed by atoms with Gasteiger partial charge in [-0.15, -0.1) is 0 Å². The first-order chi connectivity index (χ1) is 6.97. The van der Waals surface area contributed by atoms with Crippen LogP contribution in [0.15, 0.2) is 16.6 Å². The Morgan fingerprint density at radius 3 is 2.07 bits per heavy atom.